The second-order valence-corrected chi connectivity index (χ2v) is 24.6. The minimum absolute atomic E-state index is 0. The van der Waals surface area contributed by atoms with Crippen LogP contribution in [0.4, 0.5) is 0 Å². The van der Waals surface area contributed by atoms with Crippen molar-refractivity contribution in [3.63, 3.8) is 0 Å². The quantitative estimate of drug-likeness (QED) is 0.0794. The SMILES string of the molecule is CC.CC.CC.CC.O=C(Cl)c1sc2c(c1S(=O)(=O)Cl)CSC2.O=C(O)c1cc2c(s1)CSC2.O=C(O)c1sc2c(c1Br)CSC2.O=C(O)c1sc2c(c1S(=O)(=O)O)CSC2.O=S(=O)=O.[H-].[Na+]. The first-order chi connectivity index (χ1) is 30.5. The van der Waals surface area contributed by atoms with Gasteiger partial charge in [0, 0.05) is 80.7 Å². The van der Waals surface area contributed by atoms with Crippen molar-refractivity contribution in [1.29, 1.82) is 0 Å². The van der Waals surface area contributed by atoms with Crippen molar-refractivity contribution >= 4 is 184 Å². The Bertz CT molecular complexity index is 2490. The summed E-state index contributed by atoms with van der Waals surface area (Å²) in [6.07, 6.45) is 0. The maximum atomic E-state index is 11.3. The van der Waals surface area contributed by atoms with E-state index in [1.807, 2.05) is 78.9 Å². The van der Waals surface area contributed by atoms with Crippen LogP contribution in [0.3, 0.4) is 0 Å². The molecule has 15 nitrogen and oxygen atoms in total. The van der Waals surface area contributed by atoms with E-state index in [4.69, 9.17) is 54.8 Å². The van der Waals surface area contributed by atoms with Gasteiger partial charge in [0.1, 0.15) is 29.3 Å². The number of carbonyl (C=O) groups is 4. The summed E-state index contributed by atoms with van der Waals surface area (Å²) in [5.74, 6) is 3.27. The number of halogens is 3. The molecule has 0 fully saturated rings. The molecule has 0 bridgehead atoms. The number of hydrogen-bond donors (Lipinski definition) is 4. The van der Waals surface area contributed by atoms with Gasteiger partial charge >= 0.3 is 58.1 Å². The van der Waals surface area contributed by atoms with Gasteiger partial charge in [0.05, 0.1) is 0 Å². The Morgan fingerprint density at radius 2 is 0.955 bits per heavy atom. The Morgan fingerprint density at radius 3 is 1.32 bits per heavy atom. The van der Waals surface area contributed by atoms with Crippen LogP contribution < -0.4 is 29.6 Å². The van der Waals surface area contributed by atoms with Crippen LogP contribution in [0.25, 0.3) is 0 Å². The van der Waals surface area contributed by atoms with Gasteiger partial charge in [0.2, 0.25) is 0 Å². The number of carbonyl (C=O) groups excluding carboxylic acids is 1. The Labute approximate surface area is 460 Å². The van der Waals surface area contributed by atoms with Crippen molar-refractivity contribution < 1.29 is 99.5 Å². The number of carboxylic acid groups (broad SMARTS) is 3. The second-order valence-electron chi connectivity index (χ2n) is 10.8. The molecule has 368 valence electrons. The van der Waals surface area contributed by atoms with E-state index in [9.17, 15) is 36.0 Å². The minimum atomic E-state index is -4.44. The van der Waals surface area contributed by atoms with Crippen LogP contribution in [0, 0.1) is 0 Å². The third-order valence-corrected chi connectivity index (χ3v) is 20.8. The fourth-order valence-corrected chi connectivity index (χ4v) is 19.4. The average molecular weight is 1250 g/mol. The maximum absolute atomic E-state index is 11.3. The smallest absolute Gasteiger partial charge is 1.00 e. The van der Waals surface area contributed by atoms with E-state index in [1.165, 1.54) is 55.3 Å². The van der Waals surface area contributed by atoms with Crippen LogP contribution in [0.1, 0.15) is 137 Å². The van der Waals surface area contributed by atoms with Gasteiger partial charge < -0.3 is 16.7 Å². The van der Waals surface area contributed by atoms with Gasteiger partial charge in [-0.3, -0.25) is 9.35 Å². The number of aromatic carboxylic acids is 3. The molecule has 0 aliphatic carbocycles. The summed E-state index contributed by atoms with van der Waals surface area (Å²) in [7, 11) is -6.16. The first-order valence-corrected chi connectivity index (χ1v) is 32.4. The molecule has 4 N–H and O–H groups in total. The number of thioether (sulfide) groups is 4. The van der Waals surface area contributed by atoms with Crippen molar-refractivity contribution in [2.45, 2.75) is 111 Å². The molecule has 0 radical (unpaired) electrons. The van der Waals surface area contributed by atoms with Gasteiger partial charge in [-0.05, 0) is 55.9 Å². The second kappa shape index (κ2) is 33.5. The predicted molar refractivity (Wildman–Crippen MR) is 275 cm³/mol. The van der Waals surface area contributed by atoms with Crippen molar-refractivity contribution in [3.05, 3.63) is 71.8 Å². The minimum Gasteiger partial charge on any atom is -1.00 e. The van der Waals surface area contributed by atoms with Crippen LogP contribution in [0.5, 0.6) is 0 Å². The molecular weight excluding hydrogens is 1200 g/mol. The number of hydrogen-bond acceptors (Lipinski definition) is 19. The third-order valence-electron chi connectivity index (χ3n) is 7.22. The van der Waals surface area contributed by atoms with Crippen molar-refractivity contribution in [2.24, 2.45) is 0 Å². The van der Waals surface area contributed by atoms with E-state index in [2.05, 4.69) is 15.9 Å². The average Bonchev–Trinajstić information content (AvgIpc) is 4.08. The van der Waals surface area contributed by atoms with Crippen molar-refractivity contribution in [1.82, 2.24) is 0 Å². The summed E-state index contributed by atoms with van der Waals surface area (Å²) in [5.41, 5.74) is 3.49. The summed E-state index contributed by atoms with van der Waals surface area (Å²) in [4.78, 5) is 47.3. The number of rotatable bonds is 6. The largest absolute Gasteiger partial charge is 1.00 e. The molecule has 30 heteroatoms. The molecule has 0 spiro atoms. The Morgan fingerprint density at radius 1 is 0.591 bits per heavy atom. The Hall–Kier alpha value is -0.180. The zero-order valence-corrected chi connectivity index (χ0v) is 50.7. The van der Waals surface area contributed by atoms with Gasteiger partial charge in [-0.25, -0.2) is 22.8 Å². The predicted octanol–water partition coefficient (Wildman–Crippen LogP) is 9.61. The molecule has 0 atom stereocenters. The molecule has 4 aromatic heterocycles. The first kappa shape index (κ1) is 67.9. The summed E-state index contributed by atoms with van der Waals surface area (Å²) in [5, 5.41) is 25.5. The molecule has 4 aliphatic heterocycles. The first-order valence-electron chi connectivity index (χ1n) is 18.6. The standard InChI is InChI=1S/C7H5BrO2S2.C7H4Cl2O3S3.C7H6O5S3.C7H6O2S2.4C2H6.Na.O3S.H/c8-5-3-1-11-2-4(3)12-6(5)7(9)10;8-7(10)5-6(15(9,11)12)3-1-13-2-4(3)14-5;8-7(9)5-6(15(10,11)12)3-1-13-2-4(3)14-5;8-7(9)5-1-4-2-10-3-6(4)11-5;4*1-2;;1-4(2)3;/h1-2H2,(H,9,10);1-2H2;1-2H2,(H,8,9)(H,10,11,12);1H,2-3H2,(H,8,9);4*1-2H3;;;/q;;;;;;;;+1;;-1. The molecule has 0 saturated heterocycles. The molecule has 8 rings (SSSR count). The fraction of sp³-hybridized carbons (Fsp3) is 0.444. The van der Waals surface area contributed by atoms with Crippen molar-refractivity contribution in [3.8, 4) is 0 Å². The molecular formula is C36H46BrCl2NaO15S11. The van der Waals surface area contributed by atoms with Gasteiger partial charge in [-0.2, -0.15) is 55.5 Å². The van der Waals surface area contributed by atoms with Gasteiger partial charge in [0.25, 0.3) is 24.4 Å². The number of thiophene rings is 4. The van der Waals surface area contributed by atoms with Gasteiger partial charge in [-0.1, -0.05) is 55.4 Å². The molecule has 66 heavy (non-hydrogen) atoms. The summed E-state index contributed by atoms with van der Waals surface area (Å²) in [6, 6.07) is 1.79. The fourth-order valence-electron chi connectivity index (χ4n) is 5.01. The topological polar surface area (TPSA) is 269 Å². The molecule has 8 heterocycles. The summed E-state index contributed by atoms with van der Waals surface area (Å²) in [6.45, 7) is 16.0. The zero-order valence-electron chi connectivity index (χ0n) is 37.6. The van der Waals surface area contributed by atoms with E-state index >= 15 is 0 Å². The van der Waals surface area contributed by atoms with Crippen LogP contribution in [-0.4, -0.2) is 72.5 Å². The Kier molecular flexibility index (Phi) is 34.4. The van der Waals surface area contributed by atoms with Crippen LogP contribution in [0.15, 0.2) is 20.3 Å². The van der Waals surface area contributed by atoms with E-state index in [0.29, 0.717) is 43.9 Å². The molecule has 4 aliphatic rings. The molecule has 0 amide bonds. The van der Waals surface area contributed by atoms with Crippen molar-refractivity contribution in [2.75, 3.05) is 0 Å². The van der Waals surface area contributed by atoms with Crippen LogP contribution >= 0.6 is 131 Å². The number of carboxylic acids is 3. The van der Waals surface area contributed by atoms with E-state index < -0.39 is 57.8 Å². The third kappa shape index (κ3) is 20.1. The molecule has 4 aromatic rings. The summed E-state index contributed by atoms with van der Waals surface area (Å²) >= 11 is 20.3. The van der Waals surface area contributed by atoms with Crippen LogP contribution in [-0.2, 0) is 75.8 Å². The number of fused-ring (bicyclic) bond motifs is 4. The maximum Gasteiger partial charge on any atom is 1.00 e. The van der Waals surface area contributed by atoms with Gasteiger partial charge in [0.15, 0.2) is 0 Å². The van der Waals surface area contributed by atoms with E-state index in [0.717, 1.165) is 59.9 Å². The summed E-state index contributed by atoms with van der Waals surface area (Å²) < 4.78 is 79.9. The molecule has 0 aromatic carbocycles. The zero-order chi connectivity index (χ0) is 50.6. The molecule has 0 unspecified atom stereocenters. The van der Waals surface area contributed by atoms with E-state index in [1.54, 1.807) is 17.8 Å². The van der Waals surface area contributed by atoms with Crippen LogP contribution in [0.2, 0.25) is 0 Å². The Balaban J connectivity index is -0.000000752. The normalized spacial score (nSPS) is 12.8. The molecule has 0 saturated carbocycles. The van der Waals surface area contributed by atoms with E-state index in [-0.39, 0.29) is 45.6 Å². The monoisotopic (exact) mass is 1240 g/mol. The van der Waals surface area contributed by atoms with Gasteiger partial charge in [-0.15, -0.1) is 58.0 Å².